The number of hydrogen-bond acceptors (Lipinski definition) is 6. The quantitative estimate of drug-likeness (QED) is 0.725. The van der Waals surface area contributed by atoms with Crippen molar-refractivity contribution in [3.05, 3.63) is 28.3 Å². The molecule has 4 N–H and O–H groups in total. The second-order valence-electron chi connectivity index (χ2n) is 4.42. The van der Waals surface area contributed by atoms with Gasteiger partial charge in [-0.15, -0.1) is 0 Å². The highest BCUT2D eigenvalue weighted by atomic mass is 19.3. The van der Waals surface area contributed by atoms with Crippen molar-refractivity contribution in [2.45, 2.75) is 24.9 Å². The number of aliphatic hydroxyl groups excluding tert-OH is 2. The van der Waals surface area contributed by atoms with Gasteiger partial charge in [0.15, 0.2) is 0 Å². The fourth-order valence-corrected chi connectivity index (χ4v) is 2.01. The van der Waals surface area contributed by atoms with Crippen LogP contribution in [0.15, 0.2) is 17.1 Å². The number of nitrogen functional groups attached to an aromatic ring is 1. The van der Waals surface area contributed by atoms with Crippen molar-refractivity contribution in [2.75, 3.05) is 12.3 Å². The van der Waals surface area contributed by atoms with Gasteiger partial charge in [-0.25, -0.2) is 9.18 Å². The van der Waals surface area contributed by atoms with Crippen LogP contribution in [0.4, 0.5) is 19.0 Å². The molecule has 10 heteroatoms. The fraction of sp³-hybridized carbons (Fsp3) is 0.455. The zero-order chi connectivity index (χ0) is 15.7. The Morgan fingerprint density at radius 2 is 2.19 bits per heavy atom. The SMILES string of the molecule is Nc1nc(=O)n([C@H]2CC(O)[C@@H](CO)O2)cc1C(F)=C(F)F. The van der Waals surface area contributed by atoms with E-state index in [1.807, 2.05) is 0 Å². The Balaban J connectivity index is 2.44. The molecule has 1 aromatic rings. The van der Waals surface area contributed by atoms with E-state index in [2.05, 4.69) is 4.98 Å². The Labute approximate surface area is 116 Å². The van der Waals surface area contributed by atoms with Crippen LogP contribution in [-0.4, -0.2) is 38.6 Å². The second-order valence-corrected chi connectivity index (χ2v) is 4.42. The molecular formula is C11H12F3N3O4. The van der Waals surface area contributed by atoms with E-state index in [0.717, 1.165) is 10.8 Å². The number of hydrogen-bond donors (Lipinski definition) is 3. The van der Waals surface area contributed by atoms with Gasteiger partial charge in [-0.3, -0.25) is 4.57 Å². The topological polar surface area (TPSA) is 111 Å². The van der Waals surface area contributed by atoms with E-state index in [1.165, 1.54) is 0 Å². The number of halogens is 3. The maximum atomic E-state index is 13.3. The lowest BCUT2D eigenvalue weighted by Gasteiger charge is -2.15. The normalized spacial score (nSPS) is 25.1. The van der Waals surface area contributed by atoms with Crippen molar-refractivity contribution in [3.63, 3.8) is 0 Å². The summed E-state index contributed by atoms with van der Waals surface area (Å²) in [5, 5.41) is 18.5. The molecule has 1 saturated heterocycles. The summed E-state index contributed by atoms with van der Waals surface area (Å²) in [5.41, 5.74) is 3.55. The van der Waals surface area contributed by atoms with Crippen molar-refractivity contribution in [1.29, 1.82) is 0 Å². The highest BCUT2D eigenvalue weighted by molar-refractivity contribution is 5.67. The molecule has 1 aliphatic heterocycles. The van der Waals surface area contributed by atoms with Crippen LogP contribution in [0.25, 0.3) is 5.83 Å². The summed E-state index contributed by atoms with van der Waals surface area (Å²) in [6, 6.07) is 0. The summed E-state index contributed by atoms with van der Waals surface area (Å²) in [4.78, 5) is 14.9. The Kier molecular flexibility index (Phi) is 4.30. The van der Waals surface area contributed by atoms with Gasteiger partial charge >= 0.3 is 11.8 Å². The van der Waals surface area contributed by atoms with Crippen LogP contribution in [0.1, 0.15) is 18.2 Å². The van der Waals surface area contributed by atoms with Gasteiger partial charge in [-0.1, -0.05) is 0 Å². The molecule has 116 valence electrons. The minimum Gasteiger partial charge on any atom is -0.394 e. The van der Waals surface area contributed by atoms with E-state index < -0.39 is 54.0 Å². The van der Waals surface area contributed by atoms with Crippen LogP contribution in [0.3, 0.4) is 0 Å². The first-order valence-corrected chi connectivity index (χ1v) is 5.89. The minimum absolute atomic E-state index is 0.0837. The molecule has 0 aromatic carbocycles. The number of aromatic nitrogens is 2. The monoisotopic (exact) mass is 307 g/mol. The molecule has 21 heavy (non-hydrogen) atoms. The van der Waals surface area contributed by atoms with Gasteiger partial charge in [-0.2, -0.15) is 13.8 Å². The van der Waals surface area contributed by atoms with Crippen LogP contribution in [0.2, 0.25) is 0 Å². The Morgan fingerprint density at radius 1 is 1.52 bits per heavy atom. The highest BCUT2D eigenvalue weighted by Gasteiger charge is 2.35. The predicted molar refractivity (Wildman–Crippen MR) is 64.8 cm³/mol. The highest BCUT2D eigenvalue weighted by Crippen LogP contribution is 2.30. The maximum absolute atomic E-state index is 13.3. The molecule has 0 amide bonds. The smallest absolute Gasteiger partial charge is 0.351 e. The van der Waals surface area contributed by atoms with Gasteiger partial charge in [0.1, 0.15) is 18.1 Å². The van der Waals surface area contributed by atoms with Crippen molar-refractivity contribution in [2.24, 2.45) is 0 Å². The van der Waals surface area contributed by atoms with Crippen molar-refractivity contribution >= 4 is 11.6 Å². The van der Waals surface area contributed by atoms with Crippen LogP contribution < -0.4 is 11.4 Å². The fourth-order valence-electron chi connectivity index (χ4n) is 2.01. The molecule has 0 bridgehead atoms. The number of nitrogens with zero attached hydrogens (tertiary/aromatic N) is 2. The first-order valence-electron chi connectivity index (χ1n) is 5.89. The summed E-state index contributed by atoms with van der Waals surface area (Å²) in [5.74, 6) is -2.58. The number of aliphatic hydroxyl groups is 2. The number of ether oxygens (including phenoxy) is 1. The molecule has 7 nitrogen and oxygen atoms in total. The van der Waals surface area contributed by atoms with Gasteiger partial charge in [0.25, 0.3) is 0 Å². The third-order valence-corrected chi connectivity index (χ3v) is 3.08. The van der Waals surface area contributed by atoms with E-state index in [9.17, 15) is 23.1 Å². The molecule has 0 spiro atoms. The molecule has 1 unspecified atom stereocenters. The molecule has 1 aliphatic rings. The largest absolute Gasteiger partial charge is 0.394 e. The van der Waals surface area contributed by atoms with E-state index in [-0.39, 0.29) is 6.42 Å². The minimum atomic E-state index is -2.60. The third-order valence-electron chi connectivity index (χ3n) is 3.08. The first-order chi connectivity index (χ1) is 9.85. The standard InChI is InChI=1S/C11H12F3N3O4/c12-8(9(13)14)4-2-17(11(20)16-10(4)15)7-1-5(19)6(3-18)21-7/h2,5-7,18-19H,1,3H2,(H2,15,16,20)/t5?,6-,7-/m1/s1. The summed E-state index contributed by atoms with van der Waals surface area (Å²) >= 11 is 0. The van der Waals surface area contributed by atoms with Crippen LogP contribution in [0.5, 0.6) is 0 Å². The number of rotatable bonds is 3. The van der Waals surface area contributed by atoms with Crippen molar-refractivity contribution in [3.8, 4) is 0 Å². The summed E-state index contributed by atoms with van der Waals surface area (Å²) in [6.45, 7) is -0.491. The Hall–Kier alpha value is -1.91. The molecule has 3 atom stereocenters. The lowest BCUT2D eigenvalue weighted by Crippen LogP contribution is -2.29. The van der Waals surface area contributed by atoms with E-state index >= 15 is 0 Å². The average Bonchev–Trinajstić information content (AvgIpc) is 2.79. The number of nitrogens with two attached hydrogens (primary N) is 1. The summed E-state index contributed by atoms with van der Waals surface area (Å²) in [7, 11) is 0. The van der Waals surface area contributed by atoms with E-state index in [4.69, 9.17) is 15.6 Å². The Morgan fingerprint density at radius 3 is 2.71 bits per heavy atom. The van der Waals surface area contributed by atoms with E-state index in [1.54, 1.807) is 0 Å². The van der Waals surface area contributed by atoms with Gasteiger partial charge in [0, 0.05) is 12.6 Å². The molecule has 0 radical (unpaired) electrons. The van der Waals surface area contributed by atoms with Crippen molar-refractivity contribution in [1.82, 2.24) is 9.55 Å². The number of anilines is 1. The first kappa shape index (κ1) is 15.5. The van der Waals surface area contributed by atoms with Crippen LogP contribution in [-0.2, 0) is 4.74 Å². The van der Waals surface area contributed by atoms with E-state index in [0.29, 0.717) is 0 Å². The molecular weight excluding hydrogens is 295 g/mol. The lowest BCUT2D eigenvalue weighted by atomic mass is 10.2. The third kappa shape index (κ3) is 2.91. The molecule has 1 aromatic heterocycles. The van der Waals surface area contributed by atoms with Gasteiger partial charge in [-0.05, 0) is 0 Å². The molecule has 0 aliphatic carbocycles. The molecule has 2 rings (SSSR count). The molecule has 2 heterocycles. The maximum Gasteiger partial charge on any atom is 0.351 e. The average molecular weight is 307 g/mol. The van der Waals surface area contributed by atoms with Gasteiger partial charge in [0.05, 0.1) is 18.3 Å². The van der Waals surface area contributed by atoms with Gasteiger partial charge in [0.2, 0.25) is 5.83 Å². The zero-order valence-corrected chi connectivity index (χ0v) is 10.5. The molecule has 0 saturated carbocycles. The zero-order valence-electron chi connectivity index (χ0n) is 10.5. The molecule has 1 fully saturated rings. The van der Waals surface area contributed by atoms with Crippen molar-refractivity contribution < 1.29 is 28.1 Å². The summed E-state index contributed by atoms with van der Waals surface area (Å²) < 4.78 is 43.8. The van der Waals surface area contributed by atoms with Crippen LogP contribution >= 0.6 is 0 Å². The van der Waals surface area contributed by atoms with Gasteiger partial charge < -0.3 is 20.7 Å². The second kappa shape index (κ2) is 5.84. The Bertz CT molecular complexity index is 630. The van der Waals surface area contributed by atoms with Crippen LogP contribution in [0, 0.1) is 0 Å². The lowest BCUT2D eigenvalue weighted by molar-refractivity contribution is -0.0458. The summed E-state index contributed by atoms with van der Waals surface area (Å²) in [6.07, 6.45) is -4.98. The predicted octanol–water partition coefficient (Wildman–Crippen LogP) is 0.000800.